The summed E-state index contributed by atoms with van der Waals surface area (Å²) in [4.78, 5) is 18.8. The molecule has 0 spiro atoms. The molecular formula is C32H38F2N4O2. The second kappa shape index (κ2) is 12.4. The van der Waals surface area contributed by atoms with Gasteiger partial charge in [0.05, 0.1) is 17.5 Å². The van der Waals surface area contributed by atoms with Gasteiger partial charge < -0.3 is 16.2 Å². The van der Waals surface area contributed by atoms with Crippen LogP contribution in [-0.4, -0.2) is 34.5 Å². The Kier molecular flexibility index (Phi) is 9.11. The summed E-state index contributed by atoms with van der Waals surface area (Å²) in [6, 6.07) is 7.52. The molecule has 1 aromatic carbocycles. The number of allylic oxidation sites excluding steroid dienone is 1. The smallest absolute Gasteiger partial charge is 0.168 e. The van der Waals surface area contributed by atoms with E-state index in [1.54, 1.807) is 13.0 Å². The first kappa shape index (κ1) is 29.5. The summed E-state index contributed by atoms with van der Waals surface area (Å²) in [5.74, 6) is -0.251. The third-order valence-corrected chi connectivity index (χ3v) is 8.00. The topological polar surface area (TPSA) is 101 Å². The van der Waals surface area contributed by atoms with Crippen molar-refractivity contribution in [3.63, 3.8) is 0 Å². The van der Waals surface area contributed by atoms with Crippen molar-refractivity contribution in [2.75, 3.05) is 12.4 Å². The van der Waals surface area contributed by atoms with Crippen LogP contribution < -0.4 is 11.1 Å². The number of aldehydes is 1. The number of halogens is 2. The Morgan fingerprint density at radius 1 is 1.18 bits per heavy atom. The fourth-order valence-corrected chi connectivity index (χ4v) is 5.55. The van der Waals surface area contributed by atoms with Gasteiger partial charge >= 0.3 is 0 Å². The van der Waals surface area contributed by atoms with E-state index in [1.807, 2.05) is 19.4 Å². The predicted octanol–water partition coefficient (Wildman–Crippen LogP) is 6.43. The fourth-order valence-electron chi connectivity index (χ4n) is 5.55. The molecule has 40 heavy (non-hydrogen) atoms. The number of nitrogens with one attached hydrogen (secondary N) is 1. The minimum atomic E-state index is -0.985. The Labute approximate surface area is 234 Å². The number of aromatic nitrogens is 2. The van der Waals surface area contributed by atoms with E-state index in [4.69, 9.17) is 5.73 Å². The summed E-state index contributed by atoms with van der Waals surface area (Å²) in [7, 11) is 1.95. The number of rotatable bonds is 6. The number of benzene rings is 1. The van der Waals surface area contributed by atoms with Gasteiger partial charge in [-0.1, -0.05) is 31.6 Å². The summed E-state index contributed by atoms with van der Waals surface area (Å²) in [6.07, 6.45) is 10.7. The monoisotopic (exact) mass is 548 g/mol. The summed E-state index contributed by atoms with van der Waals surface area (Å²) in [5.41, 5.74) is 9.99. The Balaban J connectivity index is 0.000000189. The summed E-state index contributed by atoms with van der Waals surface area (Å²) < 4.78 is 28.5. The zero-order valence-corrected chi connectivity index (χ0v) is 23.5. The van der Waals surface area contributed by atoms with E-state index in [0.717, 1.165) is 31.0 Å². The van der Waals surface area contributed by atoms with Gasteiger partial charge in [0.15, 0.2) is 6.29 Å². The van der Waals surface area contributed by atoms with Crippen LogP contribution in [0.1, 0.15) is 79.0 Å². The number of nitrogens with zero attached hydrogens (tertiary/aromatic N) is 2. The Morgan fingerprint density at radius 2 is 1.93 bits per heavy atom. The molecule has 4 N–H and O–H groups in total. The first-order chi connectivity index (χ1) is 19.1. The lowest BCUT2D eigenvalue weighted by Gasteiger charge is -2.37. The van der Waals surface area contributed by atoms with E-state index in [0.29, 0.717) is 42.1 Å². The average Bonchev–Trinajstić information content (AvgIpc) is 2.92. The second-order valence-electron chi connectivity index (χ2n) is 11.1. The number of aryl methyl sites for hydroxylation is 1. The molecule has 1 saturated carbocycles. The maximum absolute atomic E-state index is 14.5. The molecule has 3 aromatic rings. The van der Waals surface area contributed by atoms with E-state index < -0.39 is 17.2 Å². The van der Waals surface area contributed by atoms with Crippen molar-refractivity contribution in [2.45, 2.75) is 70.4 Å². The lowest BCUT2D eigenvalue weighted by Crippen LogP contribution is -2.33. The summed E-state index contributed by atoms with van der Waals surface area (Å²) in [5, 5.41) is 13.6. The molecule has 212 valence electrons. The van der Waals surface area contributed by atoms with Crippen LogP contribution in [0.5, 0.6) is 0 Å². The van der Waals surface area contributed by atoms with Gasteiger partial charge in [0.1, 0.15) is 23.0 Å². The average molecular weight is 549 g/mol. The quantitative estimate of drug-likeness (QED) is 0.242. The normalized spacial score (nSPS) is 19.7. The van der Waals surface area contributed by atoms with Gasteiger partial charge in [-0.3, -0.25) is 9.78 Å². The van der Waals surface area contributed by atoms with Crippen LogP contribution in [0.25, 0.3) is 11.3 Å². The third-order valence-electron chi connectivity index (χ3n) is 8.00. The molecule has 2 unspecified atom stereocenters. The first-order valence-electron chi connectivity index (χ1n) is 13.8. The molecule has 2 aliphatic rings. The number of aliphatic hydroxyl groups is 1. The maximum atomic E-state index is 14.5. The largest absolute Gasteiger partial charge is 0.387 e. The van der Waals surface area contributed by atoms with Gasteiger partial charge in [-0.05, 0) is 91.8 Å². The summed E-state index contributed by atoms with van der Waals surface area (Å²) in [6.45, 7) is 6.12. The molecule has 2 atom stereocenters. The standard InChI is InChI=1S/C17H15F2NO2.C15H23N3/c1-10-7-11(17(22)5-2-6-17)8-14(19)15(10)16-13(18)4-3-12(9-21)20-16;1-10(2)11-6-12(8-13(16)7-11)14-4-5-18-9-15(14)17-3/h3-4,7-9,22H,2,5-6H2,1H3;4-5,7,9-10,12-13,17H,6,8,16H2,1-3H3. The van der Waals surface area contributed by atoms with Gasteiger partial charge in [0.25, 0.3) is 0 Å². The van der Waals surface area contributed by atoms with Gasteiger partial charge in [0, 0.05) is 24.8 Å². The highest BCUT2D eigenvalue weighted by Crippen LogP contribution is 2.43. The number of carbonyl (C=O) groups is 1. The minimum Gasteiger partial charge on any atom is -0.387 e. The maximum Gasteiger partial charge on any atom is 0.168 e. The lowest BCUT2D eigenvalue weighted by atomic mass is 9.74. The van der Waals surface area contributed by atoms with Crippen LogP contribution in [0, 0.1) is 24.5 Å². The van der Waals surface area contributed by atoms with Crippen molar-refractivity contribution < 1.29 is 18.7 Å². The zero-order chi connectivity index (χ0) is 29.0. The van der Waals surface area contributed by atoms with Crippen molar-refractivity contribution in [1.82, 2.24) is 9.97 Å². The molecule has 0 radical (unpaired) electrons. The van der Waals surface area contributed by atoms with Gasteiger partial charge in [-0.25, -0.2) is 13.8 Å². The number of hydrogen-bond acceptors (Lipinski definition) is 6. The highest BCUT2D eigenvalue weighted by Gasteiger charge is 2.37. The van der Waals surface area contributed by atoms with Crippen LogP contribution in [-0.2, 0) is 5.60 Å². The highest BCUT2D eigenvalue weighted by molar-refractivity contribution is 5.75. The molecule has 0 aliphatic heterocycles. The fraction of sp³-hybridized carbons (Fsp3) is 0.406. The van der Waals surface area contributed by atoms with E-state index in [2.05, 4.69) is 41.3 Å². The first-order valence-corrected chi connectivity index (χ1v) is 13.8. The van der Waals surface area contributed by atoms with E-state index in [1.165, 1.54) is 23.3 Å². The van der Waals surface area contributed by atoms with E-state index in [9.17, 15) is 18.7 Å². The van der Waals surface area contributed by atoms with E-state index in [-0.39, 0.29) is 23.0 Å². The number of nitrogens with two attached hydrogens (primary N) is 1. The predicted molar refractivity (Wildman–Crippen MR) is 154 cm³/mol. The summed E-state index contributed by atoms with van der Waals surface area (Å²) >= 11 is 0. The van der Waals surface area contributed by atoms with Crippen molar-refractivity contribution in [3.8, 4) is 11.3 Å². The van der Waals surface area contributed by atoms with Crippen LogP contribution in [0.3, 0.4) is 0 Å². The van der Waals surface area contributed by atoms with Crippen molar-refractivity contribution >= 4 is 12.0 Å². The molecule has 5 rings (SSSR count). The van der Waals surface area contributed by atoms with E-state index >= 15 is 0 Å². The molecule has 0 saturated heterocycles. The van der Waals surface area contributed by atoms with Crippen LogP contribution in [0.2, 0.25) is 0 Å². The van der Waals surface area contributed by atoms with Crippen molar-refractivity contribution in [2.24, 2.45) is 11.7 Å². The molecular weight excluding hydrogens is 510 g/mol. The minimum absolute atomic E-state index is 0.0212. The molecule has 2 aromatic heterocycles. The molecule has 8 heteroatoms. The molecule has 2 aliphatic carbocycles. The van der Waals surface area contributed by atoms with Crippen molar-refractivity contribution in [3.05, 3.63) is 88.4 Å². The molecule has 0 amide bonds. The van der Waals surface area contributed by atoms with Crippen LogP contribution >= 0.6 is 0 Å². The third kappa shape index (κ3) is 6.29. The SMILES string of the molecule is CNc1cnccc1C1CC(C(C)C)=CC(N)C1.Cc1cc(C2(O)CCC2)cc(F)c1-c1nc(C=O)ccc1F. The van der Waals surface area contributed by atoms with Crippen LogP contribution in [0.4, 0.5) is 14.5 Å². The number of anilines is 1. The Bertz CT molecular complexity index is 1380. The van der Waals surface area contributed by atoms with Crippen LogP contribution in [0.15, 0.2) is 54.4 Å². The van der Waals surface area contributed by atoms with Crippen molar-refractivity contribution in [1.29, 1.82) is 0 Å². The zero-order valence-electron chi connectivity index (χ0n) is 23.5. The van der Waals surface area contributed by atoms with Gasteiger partial charge in [0.2, 0.25) is 0 Å². The number of hydrogen-bond donors (Lipinski definition) is 3. The lowest BCUT2D eigenvalue weighted by molar-refractivity contribution is -0.0390. The molecule has 1 fully saturated rings. The molecule has 2 heterocycles. The Hall–Kier alpha value is -3.49. The highest BCUT2D eigenvalue weighted by atomic mass is 19.1. The second-order valence-corrected chi connectivity index (χ2v) is 11.1. The molecule has 6 nitrogen and oxygen atoms in total. The molecule has 0 bridgehead atoms. The van der Waals surface area contributed by atoms with Gasteiger partial charge in [-0.15, -0.1) is 0 Å². The number of carbonyl (C=O) groups excluding carboxylic acids is 1. The number of pyridine rings is 2. The van der Waals surface area contributed by atoms with Gasteiger partial charge in [-0.2, -0.15) is 0 Å². The Morgan fingerprint density at radius 3 is 2.52 bits per heavy atom.